The summed E-state index contributed by atoms with van der Waals surface area (Å²) in [5.74, 6) is 0.348. The highest BCUT2D eigenvalue weighted by Crippen LogP contribution is 2.55. The van der Waals surface area contributed by atoms with Crippen LogP contribution in [0.1, 0.15) is 143 Å². The standard InChI is InChI=1S/C55H66BN2OSi/c1-33-27-45-48-46(28-33)58(36-18-21-39-40(30-36)53(7,8)24-23-52(39,5)6)49-38-31-41-42(55(11,12)26-25-54(41,9)10)32-47(38)59-50(49)56(48)43-29-34(51(2,3)4)15-22-44(43)57(45)35-16-19-37(20-17-35)60(13)14/h15-22,28-33H,23-27H2,1-14H3. The van der Waals surface area contributed by atoms with Crippen LogP contribution in [0.4, 0.5) is 22.7 Å². The van der Waals surface area contributed by atoms with Gasteiger partial charge in [0, 0.05) is 33.8 Å². The van der Waals surface area contributed by atoms with Gasteiger partial charge in [0.2, 0.25) is 0 Å². The van der Waals surface area contributed by atoms with Gasteiger partial charge in [-0.15, -0.1) is 0 Å². The van der Waals surface area contributed by atoms with Crippen molar-refractivity contribution in [2.24, 2.45) is 5.92 Å². The van der Waals surface area contributed by atoms with Crippen LogP contribution in [-0.2, 0) is 27.1 Å². The van der Waals surface area contributed by atoms with Gasteiger partial charge in [0.1, 0.15) is 5.58 Å². The van der Waals surface area contributed by atoms with Gasteiger partial charge < -0.3 is 14.2 Å². The second-order valence-corrected chi connectivity index (χ2v) is 25.8. The smallest absolute Gasteiger partial charge is 0.296 e. The van der Waals surface area contributed by atoms with E-state index in [1.54, 1.807) is 0 Å². The van der Waals surface area contributed by atoms with Crippen molar-refractivity contribution >= 4 is 65.5 Å². The number of rotatable bonds is 3. The third-order valence-electron chi connectivity index (χ3n) is 15.7. The van der Waals surface area contributed by atoms with Gasteiger partial charge in [-0.2, -0.15) is 0 Å². The number of hydrogen-bond acceptors (Lipinski definition) is 3. The van der Waals surface area contributed by atoms with Crippen molar-refractivity contribution in [3.63, 3.8) is 0 Å². The molecule has 0 amide bonds. The lowest BCUT2D eigenvalue weighted by molar-refractivity contribution is 0.332. The van der Waals surface area contributed by atoms with Gasteiger partial charge in [0.05, 0.1) is 20.1 Å². The second-order valence-electron chi connectivity index (χ2n) is 23.2. The molecule has 60 heavy (non-hydrogen) atoms. The Kier molecular flexibility index (Phi) is 8.58. The lowest BCUT2D eigenvalue weighted by Crippen LogP contribution is -2.57. The summed E-state index contributed by atoms with van der Waals surface area (Å²) in [6.45, 7) is 33.8. The quantitative estimate of drug-likeness (QED) is 0.169. The number of fused-ring (bicyclic) bond motifs is 8. The molecule has 309 valence electrons. The van der Waals surface area contributed by atoms with Crippen LogP contribution in [0, 0.1) is 5.92 Å². The molecule has 1 atom stereocenters. The van der Waals surface area contributed by atoms with E-state index in [2.05, 4.69) is 185 Å². The van der Waals surface area contributed by atoms with Crippen LogP contribution in [0.5, 0.6) is 0 Å². The second kappa shape index (κ2) is 12.9. The van der Waals surface area contributed by atoms with Gasteiger partial charge in [-0.25, -0.2) is 0 Å². The minimum atomic E-state index is -0.569. The summed E-state index contributed by atoms with van der Waals surface area (Å²) in [7, 11) is -0.569. The largest absolute Gasteiger partial charge is 0.468 e. The zero-order valence-corrected chi connectivity index (χ0v) is 40.0. The van der Waals surface area contributed by atoms with E-state index in [0.29, 0.717) is 5.92 Å². The topological polar surface area (TPSA) is 19.6 Å². The van der Waals surface area contributed by atoms with Gasteiger partial charge in [0.15, 0.2) is 0 Å². The number of allylic oxidation sites excluding steroid dienone is 3. The molecule has 5 aliphatic rings. The summed E-state index contributed by atoms with van der Waals surface area (Å²) in [6, 6.07) is 29.4. The van der Waals surface area contributed by atoms with E-state index in [9.17, 15) is 0 Å². The molecule has 3 aliphatic carbocycles. The molecule has 3 heterocycles. The maximum absolute atomic E-state index is 7.57. The Labute approximate surface area is 363 Å². The molecule has 0 N–H and O–H groups in total. The van der Waals surface area contributed by atoms with E-state index in [4.69, 9.17) is 4.42 Å². The predicted octanol–water partition coefficient (Wildman–Crippen LogP) is 13.0. The molecule has 1 radical (unpaired) electrons. The van der Waals surface area contributed by atoms with Gasteiger partial charge in [0.25, 0.3) is 6.71 Å². The van der Waals surface area contributed by atoms with Crippen LogP contribution in [0.2, 0.25) is 13.1 Å². The fourth-order valence-corrected chi connectivity index (χ4v) is 12.5. The summed E-state index contributed by atoms with van der Waals surface area (Å²) < 4.78 is 7.57. The average Bonchev–Trinajstić information content (AvgIpc) is 3.55. The summed E-state index contributed by atoms with van der Waals surface area (Å²) in [5, 5.41) is 2.72. The molecule has 4 aromatic carbocycles. The summed E-state index contributed by atoms with van der Waals surface area (Å²) in [4.78, 5) is 5.30. The molecule has 0 saturated heterocycles. The van der Waals surface area contributed by atoms with Crippen molar-refractivity contribution in [3.05, 3.63) is 124 Å². The lowest BCUT2D eigenvalue weighted by atomic mass is 9.33. The van der Waals surface area contributed by atoms with E-state index in [1.165, 1.54) is 109 Å². The first-order chi connectivity index (χ1) is 28.1. The molecule has 10 rings (SSSR count). The van der Waals surface area contributed by atoms with Crippen molar-refractivity contribution in [1.82, 2.24) is 0 Å². The number of hydrogen-bond donors (Lipinski definition) is 0. The Balaban J connectivity index is 1.32. The summed E-state index contributed by atoms with van der Waals surface area (Å²) in [5.41, 5.74) is 20.3. The summed E-state index contributed by atoms with van der Waals surface area (Å²) in [6.07, 6.45) is 8.32. The number of anilines is 4. The van der Waals surface area contributed by atoms with Crippen LogP contribution in [0.25, 0.3) is 11.0 Å². The van der Waals surface area contributed by atoms with Crippen molar-refractivity contribution in [2.45, 2.75) is 155 Å². The molecule has 5 aromatic rings. The van der Waals surface area contributed by atoms with Crippen LogP contribution in [0.3, 0.4) is 0 Å². The van der Waals surface area contributed by atoms with Gasteiger partial charge >= 0.3 is 0 Å². The first-order valence-electron chi connectivity index (χ1n) is 22.9. The maximum Gasteiger partial charge on any atom is 0.296 e. The number of nitrogens with zero attached hydrogens (tertiary/aromatic N) is 2. The molecule has 0 saturated carbocycles. The normalized spacial score (nSPS) is 21.9. The number of benzene rings is 4. The lowest BCUT2D eigenvalue weighted by Gasteiger charge is -2.47. The van der Waals surface area contributed by atoms with E-state index in [0.717, 1.165) is 17.7 Å². The monoisotopic (exact) mass is 810 g/mol. The van der Waals surface area contributed by atoms with Gasteiger partial charge in [-0.05, 0) is 146 Å². The predicted molar refractivity (Wildman–Crippen MR) is 260 cm³/mol. The summed E-state index contributed by atoms with van der Waals surface area (Å²) >= 11 is 0. The van der Waals surface area contributed by atoms with Crippen LogP contribution < -0.4 is 26.1 Å². The Bertz CT molecular complexity index is 2680. The fourth-order valence-electron chi connectivity index (χ4n) is 11.7. The van der Waals surface area contributed by atoms with E-state index < -0.39 is 8.80 Å². The Hall–Kier alpha value is -4.22. The third kappa shape index (κ3) is 5.87. The minimum absolute atomic E-state index is 0.00604. The minimum Gasteiger partial charge on any atom is -0.468 e. The molecular formula is C55H66BN2OSi. The molecule has 1 unspecified atom stereocenters. The zero-order chi connectivity index (χ0) is 42.6. The SMILES string of the molecule is CC1C=C2C3=C(C1)N(c1ccc([Si](C)C)cc1)c1ccc(C(C)(C)C)cc1B3c1oc3cc4c(cc3c1N2c1ccc2c(c1)C(C)(C)CCC2(C)C)C(C)(C)CCC4(C)C. The van der Waals surface area contributed by atoms with Crippen LogP contribution in [0.15, 0.2) is 100 Å². The first kappa shape index (κ1) is 39.9. The Morgan fingerprint density at radius 3 is 1.87 bits per heavy atom. The first-order valence-corrected chi connectivity index (χ1v) is 25.4. The molecule has 3 nitrogen and oxygen atoms in total. The van der Waals surface area contributed by atoms with Crippen LogP contribution in [-0.4, -0.2) is 15.5 Å². The van der Waals surface area contributed by atoms with E-state index in [1.807, 2.05) is 0 Å². The molecular weight excluding hydrogens is 744 g/mol. The van der Waals surface area contributed by atoms with Gasteiger partial charge in [-0.1, -0.05) is 138 Å². The molecule has 0 bridgehead atoms. The third-order valence-corrected chi connectivity index (χ3v) is 17.2. The molecule has 0 fully saturated rings. The van der Waals surface area contributed by atoms with Gasteiger partial charge in [-0.3, -0.25) is 0 Å². The molecule has 5 heteroatoms. The average molecular weight is 810 g/mol. The van der Waals surface area contributed by atoms with Crippen molar-refractivity contribution in [1.29, 1.82) is 0 Å². The van der Waals surface area contributed by atoms with E-state index >= 15 is 0 Å². The Morgan fingerprint density at radius 2 is 1.25 bits per heavy atom. The van der Waals surface area contributed by atoms with Crippen molar-refractivity contribution in [2.75, 3.05) is 9.80 Å². The highest BCUT2D eigenvalue weighted by molar-refractivity contribution is 6.94. The highest BCUT2D eigenvalue weighted by atomic mass is 28.3. The highest BCUT2D eigenvalue weighted by Gasteiger charge is 2.51. The molecule has 0 spiro atoms. The maximum atomic E-state index is 7.57. The van der Waals surface area contributed by atoms with E-state index in [-0.39, 0.29) is 33.8 Å². The molecule has 2 aliphatic heterocycles. The van der Waals surface area contributed by atoms with Crippen LogP contribution >= 0.6 is 0 Å². The van der Waals surface area contributed by atoms with Crippen molar-refractivity contribution < 1.29 is 4.42 Å². The van der Waals surface area contributed by atoms with Crippen molar-refractivity contribution in [3.8, 4) is 0 Å². The zero-order valence-electron chi connectivity index (χ0n) is 39.0. The Morgan fingerprint density at radius 1 is 0.667 bits per heavy atom. The fraction of sp³-hybridized carbons (Fsp3) is 0.455. The number of furan rings is 1. The molecule has 1 aromatic heterocycles.